The maximum atomic E-state index is 5.26. The second kappa shape index (κ2) is 5.83. The summed E-state index contributed by atoms with van der Waals surface area (Å²) in [7, 11) is 1.70. The number of hydrogen-bond donors (Lipinski definition) is 0. The Hall–Kier alpha value is -1.22. The highest BCUT2D eigenvalue weighted by molar-refractivity contribution is 5.50. The van der Waals surface area contributed by atoms with E-state index in [0.717, 1.165) is 24.9 Å². The van der Waals surface area contributed by atoms with Crippen LogP contribution in [0.25, 0.3) is 0 Å². The molecule has 2 saturated heterocycles. The SMILES string of the molecule is COc1[c]ccc(N2CCC(N3CCCC3)CC2)c1. The van der Waals surface area contributed by atoms with Crippen LogP contribution in [0.2, 0.25) is 0 Å². The highest BCUT2D eigenvalue weighted by Crippen LogP contribution is 2.26. The molecule has 0 aromatic heterocycles. The number of ether oxygens (including phenoxy) is 1. The van der Waals surface area contributed by atoms with Crippen molar-refractivity contribution >= 4 is 5.69 Å². The van der Waals surface area contributed by atoms with Gasteiger partial charge in [0.15, 0.2) is 0 Å². The molecule has 1 radical (unpaired) electrons. The third kappa shape index (κ3) is 2.86. The summed E-state index contributed by atoms with van der Waals surface area (Å²) in [6.07, 6.45) is 5.37. The van der Waals surface area contributed by atoms with Crippen LogP contribution in [0.15, 0.2) is 18.2 Å². The maximum absolute atomic E-state index is 5.26. The van der Waals surface area contributed by atoms with Gasteiger partial charge in [-0.1, -0.05) is 0 Å². The Balaban J connectivity index is 1.59. The van der Waals surface area contributed by atoms with Crippen molar-refractivity contribution in [2.24, 2.45) is 0 Å². The minimum Gasteiger partial charge on any atom is -0.496 e. The maximum Gasteiger partial charge on any atom is 0.128 e. The molecule has 1 aromatic carbocycles. The normalized spacial score (nSPS) is 21.8. The Bertz CT molecular complexity index is 407. The lowest BCUT2D eigenvalue weighted by Crippen LogP contribution is -2.43. The molecule has 0 aliphatic carbocycles. The van der Waals surface area contributed by atoms with Gasteiger partial charge in [-0.25, -0.2) is 0 Å². The summed E-state index contributed by atoms with van der Waals surface area (Å²) in [5, 5.41) is 0. The van der Waals surface area contributed by atoms with Crippen LogP contribution in [0.4, 0.5) is 5.69 Å². The Kier molecular flexibility index (Phi) is 3.92. The van der Waals surface area contributed by atoms with Gasteiger partial charge in [-0.05, 0) is 50.9 Å². The van der Waals surface area contributed by atoms with Crippen LogP contribution in [0.5, 0.6) is 5.75 Å². The highest BCUT2D eigenvalue weighted by atomic mass is 16.5. The number of benzene rings is 1. The lowest BCUT2D eigenvalue weighted by molar-refractivity contribution is 0.208. The summed E-state index contributed by atoms with van der Waals surface area (Å²) < 4.78 is 5.26. The number of nitrogens with zero attached hydrogens (tertiary/aromatic N) is 2. The molecular formula is C16H23N2O. The summed E-state index contributed by atoms with van der Waals surface area (Å²) in [5.74, 6) is 0.833. The molecule has 2 aliphatic rings. The van der Waals surface area contributed by atoms with Gasteiger partial charge in [-0.3, -0.25) is 0 Å². The number of rotatable bonds is 3. The van der Waals surface area contributed by atoms with Gasteiger partial charge in [-0.15, -0.1) is 0 Å². The van der Waals surface area contributed by atoms with Crippen molar-refractivity contribution in [2.75, 3.05) is 38.2 Å². The van der Waals surface area contributed by atoms with Crippen LogP contribution < -0.4 is 9.64 Å². The van der Waals surface area contributed by atoms with Gasteiger partial charge in [0.25, 0.3) is 0 Å². The molecular weight excluding hydrogens is 236 g/mol. The van der Waals surface area contributed by atoms with Crippen LogP contribution in [0.1, 0.15) is 25.7 Å². The predicted molar refractivity (Wildman–Crippen MR) is 77.9 cm³/mol. The lowest BCUT2D eigenvalue weighted by Gasteiger charge is -2.37. The fraction of sp³-hybridized carbons (Fsp3) is 0.625. The average Bonchev–Trinajstić information content (AvgIpc) is 3.02. The van der Waals surface area contributed by atoms with E-state index in [-0.39, 0.29) is 0 Å². The van der Waals surface area contributed by atoms with E-state index in [2.05, 4.69) is 28.0 Å². The van der Waals surface area contributed by atoms with Crippen LogP contribution in [-0.2, 0) is 0 Å². The van der Waals surface area contributed by atoms with E-state index < -0.39 is 0 Å². The summed E-state index contributed by atoms with van der Waals surface area (Å²) in [4.78, 5) is 5.17. The summed E-state index contributed by atoms with van der Waals surface area (Å²) in [6.45, 7) is 4.96. The Morgan fingerprint density at radius 2 is 1.89 bits per heavy atom. The van der Waals surface area contributed by atoms with Gasteiger partial charge < -0.3 is 14.5 Å². The molecule has 3 heteroatoms. The number of hydrogen-bond acceptors (Lipinski definition) is 3. The first-order valence-corrected chi connectivity index (χ1v) is 7.41. The second-order valence-corrected chi connectivity index (χ2v) is 5.58. The molecule has 1 aromatic rings. The van der Waals surface area contributed by atoms with Crippen molar-refractivity contribution in [3.8, 4) is 5.75 Å². The number of likely N-dealkylation sites (tertiary alicyclic amines) is 1. The Morgan fingerprint density at radius 1 is 1.16 bits per heavy atom. The predicted octanol–water partition coefficient (Wildman–Crippen LogP) is 2.56. The third-order valence-corrected chi connectivity index (χ3v) is 4.47. The molecule has 0 atom stereocenters. The van der Waals surface area contributed by atoms with Crippen molar-refractivity contribution in [3.63, 3.8) is 0 Å². The molecule has 3 rings (SSSR count). The molecule has 19 heavy (non-hydrogen) atoms. The fourth-order valence-corrected chi connectivity index (χ4v) is 3.34. The van der Waals surface area contributed by atoms with Crippen molar-refractivity contribution in [3.05, 3.63) is 24.3 Å². The standard InChI is InChI=1S/C16H23N2O/c1-19-16-6-4-5-15(13-16)18-11-7-14(8-12-18)17-9-2-3-10-17/h4-5,13-14H,2-3,7-12H2,1H3. The largest absolute Gasteiger partial charge is 0.496 e. The monoisotopic (exact) mass is 259 g/mol. The molecule has 2 aliphatic heterocycles. The van der Waals surface area contributed by atoms with E-state index in [1.54, 1.807) is 7.11 Å². The van der Waals surface area contributed by atoms with Crippen molar-refractivity contribution in [1.82, 2.24) is 4.90 Å². The van der Waals surface area contributed by atoms with Gasteiger partial charge in [0.05, 0.1) is 7.11 Å². The highest BCUT2D eigenvalue weighted by Gasteiger charge is 2.26. The zero-order valence-electron chi connectivity index (χ0n) is 11.8. The van der Waals surface area contributed by atoms with Gasteiger partial charge in [-0.2, -0.15) is 0 Å². The second-order valence-electron chi connectivity index (χ2n) is 5.58. The van der Waals surface area contributed by atoms with E-state index >= 15 is 0 Å². The fourth-order valence-electron chi connectivity index (χ4n) is 3.34. The quantitative estimate of drug-likeness (QED) is 0.829. The third-order valence-electron chi connectivity index (χ3n) is 4.47. The summed E-state index contributed by atoms with van der Waals surface area (Å²) in [6, 6.07) is 10.1. The first kappa shape index (κ1) is 12.8. The van der Waals surface area contributed by atoms with Crippen molar-refractivity contribution < 1.29 is 4.74 Å². The molecule has 0 saturated carbocycles. The average molecular weight is 259 g/mol. The van der Waals surface area contributed by atoms with Gasteiger partial charge in [0.1, 0.15) is 5.75 Å². The molecule has 0 N–H and O–H groups in total. The van der Waals surface area contributed by atoms with E-state index in [0.29, 0.717) is 0 Å². The Morgan fingerprint density at radius 3 is 2.58 bits per heavy atom. The van der Waals surface area contributed by atoms with E-state index in [1.807, 2.05) is 6.07 Å². The number of methoxy groups -OCH3 is 1. The van der Waals surface area contributed by atoms with Crippen molar-refractivity contribution in [2.45, 2.75) is 31.7 Å². The minimum atomic E-state index is 0.816. The number of piperidine rings is 1. The van der Waals surface area contributed by atoms with E-state index in [9.17, 15) is 0 Å². The van der Waals surface area contributed by atoms with Gasteiger partial charge in [0, 0.05) is 37.0 Å². The Labute approximate surface area is 116 Å². The summed E-state index contributed by atoms with van der Waals surface area (Å²) >= 11 is 0. The van der Waals surface area contributed by atoms with E-state index in [1.165, 1.54) is 44.5 Å². The lowest BCUT2D eigenvalue weighted by atomic mass is 10.0. The van der Waals surface area contributed by atoms with E-state index in [4.69, 9.17) is 4.74 Å². The zero-order chi connectivity index (χ0) is 13.1. The van der Waals surface area contributed by atoms with Crippen LogP contribution in [-0.4, -0.2) is 44.2 Å². The van der Waals surface area contributed by atoms with Crippen LogP contribution in [0, 0.1) is 6.07 Å². The molecule has 2 fully saturated rings. The first-order valence-electron chi connectivity index (χ1n) is 7.41. The van der Waals surface area contributed by atoms with Crippen LogP contribution >= 0.6 is 0 Å². The zero-order valence-corrected chi connectivity index (χ0v) is 11.8. The smallest absolute Gasteiger partial charge is 0.128 e. The minimum absolute atomic E-state index is 0.816. The van der Waals surface area contributed by atoms with Crippen molar-refractivity contribution in [1.29, 1.82) is 0 Å². The number of anilines is 1. The van der Waals surface area contributed by atoms with Gasteiger partial charge in [0.2, 0.25) is 0 Å². The summed E-state index contributed by atoms with van der Waals surface area (Å²) in [5.41, 5.74) is 1.27. The molecule has 0 amide bonds. The molecule has 0 bridgehead atoms. The molecule has 0 unspecified atom stereocenters. The topological polar surface area (TPSA) is 15.7 Å². The van der Waals surface area contributed by atoms with Gasteiger partial charge >= 0.3 is 0 Å². The molecule has 103 valence electrons. The van der Waals surface area contributed by atoms with Crippen LogP contribution in [0.3, 0.4) is 0 Å². The first-order chi connectivity index (χ1) is 9.36. The molecule has 2 heterocycles. The molecule has 0 spiro atoms. The molecule has 3 nitrogen and oxygen atoms in total.